The Morgan fingerprint density at radius 2 is 1.03 bits per heavy atom. The molecule has 0 N–H and O–H groups in total. The van der Waals surface area contributed by atoms with Crippen molar-refractivity contribution in [2.24, 2.45) is 0 Å². The van der Waals surface area contributed by atoms with Crippen LogP contribution in [0, 0.1) is 5.82 Å². The first-order valence-electron chi connectivity index (χ1n) is 11.0. The van der Waals surface area contributed by atoms with E-state index < -0.39 is 7.26 Å². The molecular weight excluding hydrogens is 504 g/mol. The summed E-state index contributed by atoms with van der Waals surface area (Å²) in [4.78, 5) is 4.80. The summed E-state index contributed by atoms with van der Waals surface area (Å²) in [6, 6.07) is 43.2. The van der Waals surface area contributed by atoms with E-state index in [1.165, 1.54) is 28.0 Å². The Kier molecular flexibility index (Phi) is 7.67. The summed E-state index contributed by atoms with van der Waals surface area (Å²) in [6.07, 6.45) is 2.67. The first-order chi connectivity index (χ1) is 16.3. The van der Waals surface area contributed by atoms with E-state index in [-0.39, 0.29) is 22.8 Å². The predicted molar refractivity (Wildman–Crippen MR) is 138 cm³/mol. The van der Waals surface area contributed by atoms with E-state index in [0.717, 1.165) is 23.0 Å². The van der Waals surface area contributed by atoms with E-state index in [2.05, 4.69) is 97.1 Å². The largest absolute Gasteiger partial charge is 1.00 e. The lowest BCUT2D eigenvalue weighted by Crippen LogP contribution is -3.00. The zero-order valence-electron chi connectivity index (χ0n) is 18.6. The molecule has 1 nitrogen and oxygen atoms in total. The molecule has 0 atom stereocenters. The van der Waals surface area contributed by atoms with Crippen molar-refractivity contribution >= 4 is 23.2 Å². The van der Waals surface area contributed by atoms with Crippen LogP contribution < -0.4 is 32.9 Å². The van der Waals surface area contributed by atoms with Gasteiger partial charge in [0.25, 0.3) is 0 Å². The molecule has 168 valence electrons. The fourth-order valence-electron chi connectivity index (χ4n) is 4.40. The zero-order valence-corrected chi connectivity index (χ0v) is 21.0. The fraction of sp³-hybridized carbons (Fsp3) is 0.0333. The highest BCUT2D eigenvalue weighted by Crippen LogP contribution is 2.58. The minimum Gasteiger partial charge on any atom is -1.00 e. The second-order valence-corrected chi connectivity index (χ2v) is 11.5. The van der Waals surface area contributed by atoms with Crippen LogP contribution in [0.2, 0.25) is 0 Å². The van der Waals surface area contributed by atoms with Crippen molar-refractivity contribution in [1.82, 2.24) is 4.98 Å². The molecule has 0 spiro atoms. The van der Waals surface area contributed by atoms with Crippen LogP contribution in [0.3, 0.4) is 0 Å². The molecule has 34 heavy (non-hydrogen) atoms. The number of aromatic nitrogens is 1. The van der Waals surface area contributed by atoms with Crippen molar-refractivity contribution in [3.8, 4) is 11.1 Å². The first kappa shape index (κ1) is 24.0. The van der Waals surface area contributed by atoms with Crippen LogP contribution >= 0.6 is 7.26 Å². The standard InChI is InChI=1S/C30H24FNP.BrH/c31-26-18-16-24(17-19-26)25-20-21-32-27(22-25)23-33(28-10-4-1-5-11-28,29-12-6-2-7-13-29)30-14-8-3-9-15-30;/h1-22H,23H2;1H/q+1;/p-1. The zero-order chi connectivity index (χ0) is 22.5. The molecule has 4 heteroatoms. The maximum atomic E-state index is 13.5. The van der Waals surface area contributed by atoms with E-state index in [1.807, 2.05) is 24.4 Å². The first-order valence-corrected chi connectivity index (χ1v) is 13.0. The molecule has 0 amide bonds. The van der Waals surface area contributed by atoms with E-state index in [1.54, 1.807) is 0 Å². The Morgan fingerprint density at radius 3 is 1.50 bits per heavy atom. The van der Waals surface area contributed by atoms with Gasteiger partial charge >= 0.3 is 0 Å². The van der Waals surface area contributed by atoms with Crippen LogP contribution in [-0.2, 0) is 6.16 Å². The monoisotopic (exact) mass is 527 g/mol. The summed E-state index contributed by atoms with van der Waals surface area (Å²) >= 11 is 0. The quantitative estimate of drug-likeness (QED) is 0.308. The maximum absolute atomic E-state index is 13.5. The van der Waals surface area contributed by atoms with Gasteiger partial charge in [-0.25, -0.2) is 4.39 Å². The topological polar surface area (TPSA) is 12.9 Å². The second kappa shape index (κ2) is 10.9. The summed E-state index contributed by atoms with van der Waals surface area (Å²) in [5.74, 6) is -0.227. The van der Waals surface area contributed by atoms with Crippen molar-refractivity contribution in [3.05, 3.63) is 145 Å². The van der Waals surface area contributed by atoms with E-state index in [4.69, 9.17) is 4.98 Å². The number of hydrogen-bond donors (Lipinski definition) is 0. The lowest BCUT2D eigenvalue weighted by Gasteiger charge is -2.27. The van der Waals surface area contributed by atoms with Crippen molar-refractivity contribution < 1.29 is 21.4 Å². The molecule has 0 unspecified atom stereocenters. The molecule has 5 aromatic rings. The summed E-state index contributed by atoms with van der Waals surface area (Å²) in [6.45, 7) is 0. The third-order valence-electron chi connectivity index (χ3n) is 5.98. The SMILES string of the molecule is Fc1ccc(-c2ccnc(C[P+](c3ccccc3)(c3ccccc3)c3ccccc3)c2)cc1.[Br-]. The second-order valence-electron chi connectivity index (χ2n) is 8.02. The Bertz CT molecular complexity index is 1230. The van der Waals surface area contributed by atoms with Gasteiger partial charge in [-0.1, -0.05) is 66.7 Å². The van der Waals surface area contributed by atoms with Crippen LogP contribution in [0.5, 0.6) is 0 Å². The summed E-state index contributed by atoms with van der Waals surface area (Å²) in [7, 11) is -2.02. The molecule has 0 fully saturated rings. The van der Waals surface area contributed by atoms with Gasteiger partial charge in [0, 0.05) is 6.20 Å². The lowest BCUT2D eigenvalue weighted by atomic mass is 10.1. The summed E-state index contributed by atoms with van der Waals surface area (Å²) < 4.78 is 13.5. The van der Waals surface area contributed by atoms with Crippen molar-refractivity contribution in [2.75, 3.05) is 0 Å². The molecule has 0 saturated carbocycles. The molecule has 1 aromatic heterocycles. The molecule has 0 aliphatic rings. The van der Waals surface area contributed by atoms with Gasteiger partial charge in [0.1, 0.15) is 35.2 Å². The average molecular weight is 528 g/mol. The Balaban J connectivity index is 0.00000274. The highest BCUT2D eigenvalue weighted by Gasteiger charge is 2.45. The molecule has 5 rings (SSSR count). The molecule has 0 aliphatic heterocycles. The number of halogens is 2. The smallest absolute Gasteiger partial charge is 0.123 e. The van der Waals surface area contributed by atoms with Crippen LogP contribution in [0.4, 0.5) is 4.39 Å². The fourth-order valence-corrected chi connectivity index (χ4v) is 8.54. The van der Waals surface area contributed by atoms with Gasteiger partial charge in [-0.05, 0) is 71.8 Å². The van der Waals surface area contributed by atoms with Gasteiger partial charge < -0.3 is 17.0 Å². The highest BCUT2D eigenvalue weighted by molar-refractivity contribution is 7.95. The minimum atomic E-state index is -2.02. The normalized spacial score (nSPS) is 11.0. The third kappa shape index (κ3) is 4.87. The van der Waals surface area contributed by atoms with Crippen molar-refractivity contribution in [1.29, 1.82) is 0 Å². The lowest BCUT2D eigenvalue weighted by molar-refractivity contribution is -0.00000707. The van der Waals surface area contributed by atoms with Crippen molar-refractivity contribution in [2.45, 2.75) is 6.16 Å². The molecule has 0 saturated heterocycles. The number of rotatable bonds is 6. The molecule has 1 heterocycles. The highest BCUT2D eigenvalue weighted by atomic mass is 79.9. The third-order valence-corrected chi connectivity index (χ3v) is 10.3. The molecule has 4 aromatic carbocycles. The van der Waals surface area contributed by atoms with Crippen molar-refractivity contribution in [3.63, 3.8) is 0 Å². The van der Waals surface area contributed by atoms with Gasteiger partial charge in [-0.3, -0.25) is 4.98 Å². The molecule has 0 bridgehead atoms. The van der Waals surface area contributed by atoms with Gasteiger partial charge in [-0.15, -0.1) is 0 Å². The molecule has 0 radical (unpaired) electrons. The maximum Gasteiger partial charge on any atom is 0.123 e. The van der Waals surface area contributed by atoms with Gasteiger partial charge in [0.15, 0.2) is 0 Å². The minimum absolute atomic E-state index is 0. The summed E-state index contributed by atoms with van der Waals surface area (Å²) in [5.41, 5.74) is 3.07. The van der Waals surface area contributed by atoms with Crippen LogP contribution in [-0.4, -0.2) is 4.98 Å². The Morgan fingerprint density at radius 1 is 0.559 bits per heavy atom. The summed E-state index contributed by atoms with van der Waals surface area (Å²) in [5, 5.41) is 3.99. The van der Waals surface area contributed by atoms with Crippen LogP contribution in [0.25, 0.3) is 11.1 Å². The number of pyridine rings is 1. The molecule has 0 aliphatic carbocycles. The van der Waals surface area contributed by atoms with Crippen LogP contribution in [0.15, 0.2) is 134 Å². The average Bonchev–Trinajstić information content (AvgIpc) is 2.89. The van der Waals surface area contributed by atoms with E-state index >= 15 is 0 Å². The van der Waals surface area contributed by atoms with E-state index in [9.17, 15) is 4.39 Å². The number of hydrogen-bond acceptors (Lipinski definition) is 1. The Labute approximate surface area is 211 Å². The Hall–Kier alpha value is -3.13. The number of benzene rings is 4. The van der Waals surface area contributed by atoms with Gasteiger partial charge in [0.05, 0.1) is 5.69 Å². The van der Waals surface area contributed by atoms with E-state index in [0.29, 0.717) is 0 Å². The van der Waals surface area contributed by atoms with Gasteiger partial charge in [0.2, 0.25) is 0 Å². The number of nitrogens with zero attached hydrogens (tertiary/aromatic N) is 1. The predicted octanol–water partition coefficient (Wildman–Crippen LogP) is 3.39. The van der Waals surface area contributed by atoms with Crippen LogP contribution in [0.1, 0.15) is 5.69 Å². The van der Waals surface area contributed by atoms with Gasteiger partial charge in [-0.2, -0.15) is 0 Å². The molecular formula is C30H24BrFNP.